The molecule has 2 aromatic rings. The Morgan fingerprint density at radius 2 is 1.29 bits per heavy atom. The zero-order valence-corrected chi connectivity index (χ0v) is 19.6. The normalized spacial score (nSPS) is 32.7. The van der Waals surface area contributed by atoms with Crippen LogP contribution >= 0.6 is 0 Å². The van der Waals surface area contributed by atoms with Crippen molar-refractivity contribution in [1.29, 1.82) is 0 Å². The number of phenolic OH excluding ortho intramolecular Hbond substituents is 2. The molecule has 2 nitrogen and oxygen atoms in total. The number of fused-ring (bicyclic) bond motifs is 1. The van der Waals surface area contributed by atoms with E-state index < -0.39 is 0 Å². The lowest BCUT2D eigenvalue weighted by Crippen LogP contribution is -2.56. The van der Waals surface area contributed by atoms with E-state index in [1.807, 2.05) is 24.3 Å². The number of hydrogen-bond acceptors (Lipinski definition) is 2. The van der Waals surface area contributed by atoms with Gasteiger partial charge < -0.3 is 10.2 Å². The first-order valence-electron chi connectivity index (χ1n) is 11.8. The quantitative estimate of drug-likeness (QED) is 0.530. The van der Waals surface area contributed by atoms with Crippen molar-refractivity contribution in [2.75, 3.05) is 0 Å². The van der Waals surface area contributed by atoms with E-state index in [0.29, 0.717) is 22.3 Å². The molecule has 3 aliphatic rings. The molecule has 3 saturated carbocycles. The predicted molar refractivity (Wildman–Crippen MR) is 127 cm³/mol. The summed E-state index contributed by atoms with van der Waals surface area (Å²) in [5.41, 5.74) is 6.33. The van der Waals surface area contributed by atoms with Crippen LogP contribution in [-0.4, -0.2) is 10.2 Å². The van der Waals surface area contributed by atoms with Gasteiger partial charge in [-0.15, -0.1) is 0 Å². The molecule has 164 valence electrons. The number of aromatic hydroxyl groups is 2. The summed E-state index contributed by atoms with van der Waals surface area (Å²) < 4.78 is 0. The van der Waals surface area contributed by atoms with Crippen LogP contribution in [0.5, 0.6) is 11.5 Å². The Morgan fingerprint density at radius 1 is 0.774 bits per heavy atom. The van der Waals surface area contributed by atoms with Crippen molar-refractivity contribution in [3.8, 4) is 11.5 Å². The third-order valence-corrected chi connectivity index (χ3v) is 10.2. The molecule has 5 rings (SSSR count). The van der Waals surface area contributed by atoms with Gasteiger partial charge in [0.25, 0.3) is 0 Å². The van der Waals surface area contributed by atoms with Crippen molar-refractivity contribution in [2.24, 2.45) is 27.6 Å². The second-order valence-electron chi connectivity index (χ2n) is 11.9. The predicted octanol–water partition coefficient (Wildman–Crippen LogP) is 7.55. The van der Waals surface area contributed by atoms with Gasteiger partial charge in [-0.3, -0.25) is 0 Å². The molecule has 3 fully saturated rings. The second-order valence-corrected chi connectivity index (χ2v) is 11.9. The Hall–Kier alpha value is -2.22. The molecule has 2 bridgehead atoms. The van der Waals surface area contributed by atoms with Gasteiger partial charge in [-0.25, -0.2) is 0 Å². The molecule has 0 aromatic heterocycles. The summed E-state index contributed by atoms with van der Waals surface area (Å²) in [5, 5.41) is 19.8. The molecule has 0 aliphatic heterocycles. The average Bonchev–Trinajstić information content (AvgIpc) is 3.23. The van der Waals surface area contributed by atoms with E-state index in [2.05, 4.69) is 34.6 Å². The lowest BCUT2D eigenvalue weighted by atomic mass is 9.41. The highest BCUT2D eigenvalue weighted by atomic mass is 16.3. The maximum Gasteiger partial charge on any atom is 0.115 e. The minimum absolute atomic E-state index is 0.233. The maximum absolute atomic E-state index is 9.89. The highest BCUT2D eigenvalue weighted by molar-refractivity contribution is 5.83. The van der Waals surface area contributed by atoms with Crippen LogP contribution in [0.2, 0.25) is 0 Å². The summed E-state index contributed by atoms with van der Waals surface area (Å²) in [6, 6.07) is 15.3. The van der Waals surface area contributed by atoms with Gasteiger partial charge in [0.05, 0.1) is 0 Å². The van der Waals surface area contributed by atoms with Gasteiger partial charge in [-0.05, 0) is 101 Å². The Kier molecular flexibility index (Phi) is 4.27. The van der Waals surface area contributed by atoms with E-state index in [-0.39, 0.29) is 10.8 Å². The summed E-state index contributed by atoms with van der Waals surface area (Å²) in [6.45, 7) is 12.7. The van der Waals surface area contributed by atoms with Crippen molar-refractivity contribution in [2.45, 2.75) is 66.7 Å². The Bertz CT molecular complexity index is 994. The van der Waals surface area contributed by atoms with E-state index in [9.17, 15) is 10.2 Å². The first kappa shape index (κ1) is 20.7. The van der Waals surface area contributed by atoms with Crippen molar-refractivity contribution in [3.05, 3.63) is 65.2 Å². The van der Waals surface area contributed by atoms with Crippen LogP contribution in [0, 0.1) is 27.6 Å². The molecule has 2 heteroatoms. The van der Waals surface area contributed by atoms with Crippen molar-refractivity contribution in [1.82, 2.24) is 0 Å². The molecular formula is C29H36O2. The van der Waals surface area contributed by atoms with Gasteiger partial charge >= 0.3 is 0 Å². The summed E-state index contributed by atoms with van der Waals surface area (Å²) >= 11 is 0. The minimum atomic E-state index is 0.233. The Morgan fingerprint density at radius 3 is 1.81 bits per heavy atom. The van der Waals surface area contributed by atoms with E-state index >= 15 is 0 Å². The average molecular weight is 417 g/mol. The maximum atomic E-state index is 9.89. The highest BCUT2D eigenvalue weighted by Crippen LogP contribution is 2.81. The molecule has 1 spiro atoms. The van der Waals surface area contributed by atoms with Crippen LogP contribution in [0.3, 0.4) is 0 Å². The standard InChI is InChI=1S/C29H36O2/c1-26(2)16-21(17-28(5)27(3,4)22-14-15-29(26,28)18-22)25(19-6-10-23(30)11-7-19)20-8-12-24(31)13-9-20/h6-13,22,30-31H,14-18H2,1-5H3/t22-,28+,29+/m0/s1. The SMILES string of the molecule is CC1(C)CC(=C(c2ccc(O)cc2)c2ccc(O)cc2)C[C@]2(C)C(C)(C)[C@H]3CC[C@@]12C3. The first-order chi connectivity index (χ1) is 14.5. The third-order valence-electron chi connectivity index (χ3n) is 10.2. The van der Waals surface area contributed by atoms with Crippen LogP contribution in [-0.2, 0) is 0 Å². The summed E-state index contributed by atoms with van der Waals surface area (Å²) in [7, 11) is 0. The molecule has 0 unspecified atom stereocenters. The minimum Gasteiger partial charge on any atom is -0.508 e. The molecule has 3 aliphatic carbocycles. The molecule has 3 atom stereocenters. The lowest BCUT2D eigenvalue weighted by molar-refractivity contribution is -0.122. The fraction of sp³-hybridized carbons (Fsp3) is 0.517. The number of allylic oxidation sites excluding steroid dienone is 1. The van der Waals surface area contributed by atoms with Crippen LogP contribution in [0.15, 0.2) is 54.1 Å². The zero-order valence-electron chi connectivity index (χ0n) is 19.6. The number of rotatable bonds is 2. The van der Waals surface area contributed by atoms with E-state index in [4.69, 9.17) is 0 Å². The van der Waals surface area contributed by atoms with Crippen molar-refractivity contribution in [3.63, 3.8) is 0 Å². The van der Waals surface area contributed by atoms with Crippen LogP contribution < -0.4 is 0 Å². The van der Waals surface area contributed by atoms with Crippen LogP contribution in [0.4, 0.5) is 0 Å². The molecule has 31 heavy (non-hydrogen) atoms. The smallest absolute Gasteiger partial charge is 0.115 e. The molecular weight excluding hydrogens is 380 g/mol. The second kappa shape index (κ2) is 6.40. The number of phenols is 2. The van der Waals surface area contributed by atoms with Gasteiger partial charge in [-0.2, -0.15) is 0 Å². The van der Waals surface area contributed by atoms with Gasteiger partial charge in [0.15, 0.2) is 0 Å². The van der Waals surface area contributed by atoms with Crippen molar-refractivity contribution >= 4 is 5.57 Å². The van der Waals surface area contributed by atoms with E-state index in [0.717, 1.165) is 29.9 Å². The van der Waals surface area contributed by atoms with Crippen LogP contribution in [0.1, 0.15) is 77.8 Å². The van der Waals surface area contributed by atoms with Gasteiger partial charge in [0.2, 0.25) is 0 Å². The fourth-order valence-corrected chi connectivity index (χ4v) is 8.19. The molecule has 0 saturated heterocycles. The largest absolute Gasteiger partial charge is 0.508 e. The topological polar surface area (TPSA) is 40.5 Å². The van der Waals surface area contributed by atoms with E-state index in [1.54, 1.807) is 24.3 Å². The Labute approximate surface area is 187 Å². The number of benzene rings is 2. The highest BCUT2D eigenvalue weighted by Gasteiger charge is 2.73. The zero-order chi connectivity index (χ0) is 22.2. The van der Waals surface area contributed by atoms with Crippen LogP contribution in [0.25, 0.3) is 5.57 Å². The lowest BCUT2D eigenvalue weighted by Gasteiger charge is -2.63. The summed E-state index contributed by atoms with van der Waals surface area (Å²) in [6.07, 6.45) is 6.35. The van der Waals surface area contributed by atoms with Crippen molar-refractivity contribution < 1.29 is 10.2 Å². The monoisotopic (exact) mass is 416 g/mol. The third kappa shape index (κ3) is 2.63. The Balaban J connectivity index is 1.73. The molecule has 0 radical (unpaired) electrons. The summed E-state index contributed by atoms with van der Waals surface area (Å²) in [4.78, 5) is 0. The molecule has 2 aromatic carbocycles. The first-order valence-corrected chi connectivity index (χ1v) is 11.8. The number of hydrogen-bond donors (Lipinski definition) is 2. The molecule has 0 heterocycles. The van der Waals surface area contributed by atoms with E-state index in [1.165, 1.54) is 30.4 Å². The fourth-order valence-electron chi connectivity index (χ4n) is 8.19. The summed E-state index contributed by atoms with van der Waals surface area (Å²) in [5.74, 6) is 1.41. The van der Waals surface area contributed by atoms with Gasteiger partial charge in [0.1, 0.15) is 11.5 Å². The van der Waals surface area contributed by atoms with Gasteiger partial charge in [-0.1, -0.05) is 64.5 Å². The molecule has 2 N–H and O–H groups in total. The van der Waals surface area contributed by atoms with Gasteiger partial charge in [0, 0.05) is 0 Å². The molecule has 0 amide bonds.